The van der Waals surface area contributed by atoms with Gasteiger partial charge in [0, 0.05) is 11.3 Å². The summed E-state index contributed by atoms with van der Waals surface area (Å²) in [5.41, 5.74) is 9.37. The van der Waals surface area contributed by atoms with Crippen LogP contribution < -0.4 is 0 Å². The maximum absolute atomic E-state index is 9.70. The van der Waals surface area contributed by atoms with Crippen LogP contribution in [0.15, 0.2) is 47.7 Å². The van der Waals surface area contributed by atoms with Crippen molar-refractivity contribution in [2.45, 2.75) is 44.9 Å². The Morgan fingerprint density at radius 3 is 3.00 bits per heavy atom. The molecule has 0 bridgehead atoms. The monoisotopic (exact) mass is 278 g/mol. The molecule has 108 valence electrons. The van der Waals surface area contributed by atoms with Crippen molar-refractivity contribution in [3.8, 4) is 5.75 Å². The molecule has 21 heavy (non-hydrogen) atoms. The lowest BCUT2D eigenvalue weighted by atomic mass is 9.59. The molecule has 1 aromatic carbocycles. The first kappa shape index (κ1) is 13.0. The fourth-order valence-electron chi connectivity index (χ4n) is 5.06. The standard InChI is InChI=1S/C20H22O/c1-3-14-5-9-19-18-7-4-13-12-15(21)6-8-16(13)17(18)10-11-20(14,19)2/h6-8,12,17,19,21H,1,4-5,9-11H2,2H3/t17-,19+,20-/m1/s1. The molecule has 3 aliphatic carbocycles. The van der Waals surface area contributed by atoms with Crippen molar-refractivity contribution in [2.75, 3.05) is 0 Å². The highest BCUT2D eigenvalue weighted by molar-refractivity contribution is 5.48. The van der Waals surface area contributed by atoms with E-state index >= 15 is 0 Å². The van der Waals surface area contributed by atoms with E-state index in [4.69, 9.17) is 0 Å². The first-order valence-electron chi connectivity index (χ1n) is 8.04. The Morgan fingerprint density at radius 1 is 1.33 bits per heavy atom. The molecule has 0 spiro atoms. The molecular weight excluding hydrogens is 256 g/mol. The van der Waals surface area contributed by atoms with E-state index in [1.165, 1.54) is 36.0 Å². The summed E-state index contributed by atoms with van der Waals surface area (Å²) in [6, 6.07) is 5.93. The van der Waals surface area contributed by atoms with E-state index in [0.717, 1.165) is 12.8 Å². The summed E-state index contributed by atoms with van der Waals surface area (Å²) in [4.78, 5) is 0. The van der Waals surface area contributed by atoms with Crippen molar-refractivity contribution in [3.05, 3.63) is 58.9 Å². The van der Waals surface area contributed by atoms with Crippen LogP contribution in [-0.4, -0.2) is 5.11 Å². The van der Waals surface area contributed by atoms with Crippen LogP contribution in [0.2, 0.25) is 0 Å². The van der Waals surface area contributed by atoms with Gasteiger partial charge in [-0.2, -0.15) is 0 Å². The lowest BCUT2D eigenvalue weighted by Crippen LogP contribution is -2.34. The first-order valence-corrected chi connectivity index (χ1v) is 8.04. The molecule has 0 radical (unpaired) electrons. The number of aromatic hydroxyl groups is 1. The molecule has 1 aromatic rings. The van der Waals surface area contributed by atoms with Gasteiger partial charge in [0.05, 0.1) is 0 Å². The minimum absolute atomic E-state index is 0.290. The topological polar surface area (TPSA) is 20.2 Å². The van der Waals surface area contributed by atoms with Gasteiger partial charge in [0.25, 0.3) is 0 Å². The van der Waals surface area contributed by atoms with Crippen LogP contribution in [0.25, 0.3) is 0 Å². The summed E-state index contributed by atoms with van der Waals surface area (Å²) in [6.07, 6.45) is 8.27. The number of fused-ring (bicyclic) bond motifs is 5. The summed E-state index contributed by atoms with van der Waals surface area (Å²) >= 11 is 0. The maximum atomic E-state index is 9.70. The van der Waals surface area contributed by atoms with E-state index in [1.54, 1.807) is 5.57 Å². The van der Waals surface area contributed by atoms with Crippen molar-refractivity contribution < 1.29 is 5.11 Å². The van der Waals surface area contributed by atoms with Gasteiger partial charge in [-0.05, 0) is 66.9 Å². The van der Waals surface area contributed by atoms with Crippen LogP contribution in [0, 0.1) is 11.3 Å². The van der Waals surface area contributed by atoms with E-state index < -0.39 is 0 Å². The summed E-state index contributed by atoms with van der Waals surface area (Å²) in [7, 11) is 0. The molecule has 4 rings (SSSR count). The highest BCUT2D eigenvalue weighted by atomic mass is 16.3. The summed E-state index contributed by atoms with van der Waals surface area (Å²) < 4.78 is 0. The maximum Gasteiger partial charge on any atom is 0.115 e. The van der Waals surface area contributed by atoms with Gasteiger partial charge in [0.15, 0.2) is 0 Å². The number of hydrogen-bond acceptors (Lipinski definition) is 1. The minimum atomic E-state index is 0.290. The largest absolute Gasteiger partial charge is 0.508 e. The van der Waals surface area contributed by atoms with Crippen molar-refractivity contribution in [1.82, 2.24) is 0 Å². The quantitative estimate of drug-likeness (QED) is 0.529. The number of allylic oxidation sites excluding steroid dienone is 3. The van der Waals surface area contributed by atoms with E-state index in [9.17, 15) is 5.11 Å². The third kappa shape index (κ3) is 1.71. The Hall–Kier alpha value is -1.72. The molecule has 1 N–H and O–H groups in total. The van der Waals surface area contributed by atoms with E-state index in [2.05, 4.69) is 31.4 Å². The van der Waals surface area contributed by atoms with Gasteiger partial charge < -0.3 is 5.11 Å². The highest BCUT2D eigenvalue weighted by Gasteiger charge is 2.49. The van der Waals surface area contributed by atoms with E-state index in [0.29, 0.717) is 23.0 Å². The lowest BCUT2D eigenvalue weighted by molar-refractivity contribution is 0.229. The molecule has 1 heteroatoms. The molecular formula is C20H22O. The van der Waals surface area contributed by atoms with Gasteiger partial charge in [-0.3, -0.25) is 0 Å². The molecule has 2 saturated carbocycles. The molecule has 2 fully saturated rings. The Labute approximate surface area is 126 Å². The van der Waals surface area contributed by atoms with Crippen LogP contribution in [0.3, 0.4) is 0 Å². The number of phenolic OH excluding ortho intramolecular Hbond substituents is 1. The molecule has 3 aliphatic rings. The van der Waals surface area contributed by atoms with Crippen molar-refractivity contribution in [2.24, 2.45) is 11.3 Å². The zero-order chi connectivity index (χ0) is 14.6. The number of hydrogen-bond donors (Lipinski definition) is 1. The van der Waals surface area contributed by atoms with Gasteiger partial charge in [-0.15, -0.1) is 5.73 Å². The summed E-state index contributed by atoms with van der Waals surface area (Å²) in [6.45, 7) is 6.34. The second kappa shape index (κ2) is 4.39. The second-order valence-electron chi connectivity index (χ2n) is 7.05. The van der Waals surface area contributed by atoms with Crippen LogP contribution in [0.1, 0.15) is 49.7 Å². The van der Waals surface area contributed by atoms with Gasteiger partial charge >= 0.3 is 0 Å². The van der Waals surface area contributed by atoms with Crippen LogP contribution >= 0.6 is 0 Å². The molecule has 0 unspecified atom stereocenters. The fraction of sp³-hybridized carbons (Fsp3) is 0.450. The Bertz CT molecular complexity index is 690. The zero-order valence-corrected chi connectivity index (χ0v) is 12.7. The Kier molecular flexibility index (Phi) is 2.71. The van der Waals surface area contributed by atoms with Gasteiger partial charge in [-0.25, -0.2) is 0 Å². The highest BCUT2D eigenvalue weighted by Crippen LogP contribution is 2.61. The Morgan fingerprint density at radius 2 is 2.19 bits per heavy atom. The lowest BCUT2D eigenvalue weighted by Gasteiger charge is -2.45. The predicted octanol–water partition coefficient (Wildman–Crippen LogP) is 4.88. The van der Waals surface area contributed by atoms with Gasteiger partial charge in [-0.1, -0.05) is 31.2 Å². The van der Waals surface area contributed by atoms with Crippen LogP contribution in [-0.2, 0) is 6.42 Å². The molecule has 0 aliphatic heterocycles. The smallest absolute Gasteiger partial charge is 0.115 e. The average Bonchev–Trinajstić information content (AvgIpc) is 2.83. The third-order valence-electron chi connectivity index (χ3n) is 6.17. The normalized spacial score (nSPS) is 33.6. The average molecular weight is 278 g/mol. The van der Waals surface area contributed by atoms with Crippen molar-refractivity contribution in [3.63, 3.8) is 0 Å². The number of benzene rings is 1. The molecule has 3 atom stereocenters. The molecule has 0 aromatic heterocycles. The zero-order valence-electron chi connectivity index (χ0n) is 12.7. The van der Waals surface area contributed by atoms with E-state index in [1.807, 2.05) is 12.1 Å². The summed E-state index contributed by atoms with van der Waals surface area (Å²) in [5, 5.41) is 9.70. The van der Waals surface area contributed by atoms with Crippen molar-refractivity contribution in [1.29, 1.82) is 0 Å². The molecule has 1 nitrogen and oxygen atoms in total. The molecule has 0 amide bonds. The van der Waals surface area contributed by atoms with Gasteiger partial charge in [0.1, 0.15) is 5.75 Å². The minimum Gasteiger partial charge on any atom is -0.508 e. The van der Waals surface area contributed by atoms with Crippen molar-refractivity contribution >= 4 is 0 Å². The molecule has 0 saturated heterocycles. The second-order valence-corrected chi connectivity index (χ2v) is 7.05. The summed E-state index contributed by atoms with van der Waals surface area (Å²) in [5.74, 6) is 1.63. The molecule has 0 heterocycles. The number of rotatable bonds is 0. The SMILES string of the molecule is C=C=C1CC[C@H]2C3=CCc4cc(O)ccc4[C@H]3CC[C@]12C. The predicted molar refractivity (Wildman–Crippen MR) is 85.4 cm³/mol. The first-order chi connectivity index (χ1) is 10.1. The van der Waals surface area contributed by atoms with E-state index in [-0.39, 0.29) is 0 Å². The van der Waals surface area contributed by atoms with Crippen LogP contribution in [0.4, 0.5) is 0 Å². The van der Waals surface area contributed by atoms with Gasteiger partial charge in [0.2, 0.25) is 0 Å². The fourth-order valence-corrected chi connectivity index (χ4v) is 5.06. The Balaban J connectivity index is 1.78. The number of phenols is 1. The van der Waals surface area contributed by atoms with Crippen LogP contribution in [0.5, 0.6) is 5.75 Å². The third-order valence-corrected chi connectivity index (χ3v) is 6.17.